The number of nitrogens with zero attached hydrogens (tertiary/aromatic N) is 1. The van der Waals surface area contributed by atoms with Gasteiger partial charge in [-0.1, -0.05) is 11.6 Å². The summed E-state index contributed by atoms with van der Waals surface area (Å²) < 4.78 is 5.20. The van der Waals surface area contributed by atoms with E-state index in [1.165, 1.54) is 25.7 Å². The topological polar surface area (TPSA) is 65.9 Å². The molecule has 0 amide bonds. The SMILES string of the molecule is CCNC(=NCc1cc(OC)ccc1O)NCCC1=CCCCC1.I. The molecule has 0 fully saturated rings. The molecule has 0 spiro atoms. The molecule has 0 aliphatic heterocycles. The number of guanidine groups is 1. The van der Waals surface area contributed by atoms with Crippen LogP contribution in [0.25, 0.3) is 0 Å². The summed E-state index contributed by atoms with van der Waals surface area (Å²) in [7, 11) is 1.62. The Morgan fingerprint density at radius 3 is 2.80 bits per heavy atom. The number of hydrogen-bond acceptors (Lipinski definition) is 3. The number of aromatic hydroxyl groups is 1. The Bertz CT molecular complexity index is 588. The second-order valence-corrected chi connectivity index (χ2v) is 5.97. The van der Waals surface area contributed by atoms with Gasteiger partial charge in [-0.05, 0) is 57.2 Å². The predicted molar refractivity (Wildman–Crippen MR) is 114 cm³/mol. The molecule has 0 unspecified atom stereocenters. The van der Waals surface area contributed by atoms with Gasteiger partial charge in [0.15, 0.2) is 5.96 Å². The number of nitrogens with one attached hydrogen (secondary N) is 2. The minimum atomic E-state index is 0. The summed E-state index contributed by atoms with van der Waals surface area (Å²) in [6.07, 6.45) is 8.53. The van der Waals surface area contributed by atoms with Gasteiger partial charge in [-0.25, -0.2) is 4.99 Å². The molecule has 0 heterocycles. The van der Waals surface area contributed by atoms with E-state index in [1.54, 1.807) is 24.8 Å². The molecule has 0 saturated carbocycles. The fourth-order valence-corrected chi connectivity index (χ4v) is 2.79. The van der Waals surface area contributed by atoms with E-state index in [-0.39, 0.29) is 29.7 Å². The minimum Gasteiger partial charge on any atom is -0.508 e. The third-order valence-corrected chi connectivity index (χ3v) is 4.16. The normalized spacial score (nSPS) is 14.3. The van der Waals surface area contributed by atoms with Crippen LogP contribution in [-0.2, 0) is 6.54 Å². The number of ether oxygens (including phenoxy) is 1. The molecule has 25 heavy (non-hydrogen) atoms. The van der Waals surface area contributed by atoms with Crippen molar-refractivity contribution in [3.63, 3.8) is 0 Å². The Kier molecular flexibility index (Phi) is 10.4. The van der Waals surface area contributed by atoms with Gasteiger partial charge in [0.25, 0.3) is 0 Å². The fraction of sp³-hybridized carbons (Fsp3) is 0.526. The first-order valence-electron chi connectivity index (χ1n) is 8.79. The number of phenols is 1. The summed E-state index contributed by atoms with van der Waals surface area (Å²) in [5, 5.41) is 16.6. The van der Waals surface area contributed by atoms with E-state index in [2.05, 4.69) is 21.7 Å². The number of rotatable bonds is 7. The van der Waals surface area contributed by atoms with E-state index in [1.807, 2.05) is 13.0 Å². The highest BCUT2D eigenvalue weighted by molar-refractivity contribution is 14.0. The van der Waals surface area contributed by atoms with E-state index >= 15 is 0 Å². The van der Waals surface area contributed by atoms with E-state index in [0.717, 1.165) is 36.8 Å². The van der Waals surface area contributed by atoms with Crippen molar-refractivity contribution in [2.24, 2.45) is 4.99 Å². The number of hydrogen-bond donors (Lipinski definition) is 3. The minimum absolute atomic E-state index is 0. The van der Waals surface area contributed by atoms with Crippen molar-refractivity contribution in [2.75, 3.05) is 20.2 Å². The third kappa shape index (κ3) is 7.54. The maximum Gasteiger partial charge on any atom is 0.191 e. The molecule has 3 N–H and O–H groups in total. The Morgan fingerprint density at radius 1 is 1.28 bits per heavy atom. The van der Waals surface area contributed by atoms with Crippen molar-refractivity contribution >= 4 is 29.9 Å². The van der Waals surface area contributed by atoms with Crippen LogP contribution < -0.4 is 15.4 Å². The summed E-state index contributed by atoms with van der Waals surface area (Å²) in [5.74, 6) is 1.74. The van der Waals surface area contributed by atoms with Gasteiger partial charge in [0.1, 0.15) is 11.5 Å². The Hall–Kier alpha value is -1.44. The Morgan fingerprint density at radius 2 is 2.12 bits per heavy atom. The molecule has 1 aliphatic rings. The summed E-state index contributed by atoms with van der Waals surface area (Å²) in [4.78, 5) is 4.56. The molecule has 1 aliphatic carbocycles. The highest BCUT2D eigenvalue weighted by Crippen LogP contribution is 2.23. The fourth-order valence-electron chi connectivity index (χ4n) is 2.79. The lowest BCUT2D eigenvalue weighted by molar-refractivity contribution is 0.411. The summed E-state index contributed by atoms with van der Waals surface area (Å²) in [6, 6.07) is 5.19. The first-order chi connectivity index (χ1) is 11.7. The van der Waals surface area contributed by atoms with Gasteiger partial charge < -0.3 is 20.5 Å². The smallest absolute Gasteiger partial charge is 0.191 e. The number of methoxy groups -OCH3 is 1. The average Bonchev–Trinajstić information content (AvgIpc) is 2.61. The maximum atomic E-state index is 9.95. The maximum absolute atomic E-state index is 9.95. The monoisotopic (exact) mass is 459 g/mol. The first-order valence-corrected chi connectivity index (χ1v) is 8.79. The number of benzene rings is 1. The lowest BCUT2D eigenvalue weighted by Crippen LogP contribution is -2.37. The lowest BCUT2D eigenvalue weighted by atomic mass is 9.97. The lowest BCUT2D eigenvalue weighted by Gasteiger charge is -2.15. The van der Waals surface area contributed by atoms with Gasteiger partial charge in [0, 0.05) is 18.7 Å². The van der Waals surface area contributed by atoms with Crippen LogP contribution in [0, 0.1) is 0 Å². The largest absolute Gasteiger partial charge is 0.508 e. The second kappa shape index (κ2) is 12.0. The number of allylic oxidation sites excluding steroid dienone is 1. The van der Waals surface area contributed by atoms with Gasteiger partial charge in [-0.2, -0.15) is 0 Å². The zero-order valence-corrected chi connectivity index (χ0v) is 17.5. The molecule has 1 aromatic rings. The molecule has 2 rings (SSSR count). The van der Waals surface area contributed by atoms with Gasteiger partial charge in [-0.15, -0.1) is 24.0 Å². The predicted octanol–water partition coefficient (Wildman–Crippen LogP) is 3.96. The molecule has 0 aromatic heterocycles. The zero-order chi connectivity index (χ0) is 17.2. The van der Waals surface area contributed by atoms with Crippen molar-refractivity contribution in [2.45, 2.75) is 45.6 Å². The summed E-state index contributed by atoms with van der Waals surface area (Å²) in [6.45, 7) is 4.13. The molecule has 5 nitrogen and oxygen atoms in total. The van der Waals surface area contributed by atoms with Gasteiger partial charge >= 0.3 is 0 Å². The number of aliphatic imine (C=N–C) groups is 1. The van der Waals surface area contributed by atoms with E-state index < -0.39 is 0 Å². The van der Waals surface area contributed by atoms with Crippen molar-refractivity contribution < 1.29 is 9.84 Å². The molecule has 1 aromatic carbocycles. The highest BCUT2D eigenvalue weighted by atomic mass is 127. The molecule has 0 radical (unpaired) electrons. The molecular formula is C19H30IN3O2. The van der Waals surface area contributed by atoms with Crippen LogP contribution in [0.5, 0.6) is 11.5 Å². The molecular weight excluding hydrogens is 429 g/mol. The third-order valence-electron chi connectivity index (χ3n) is 4.16. The molecule has 140 valence electrons. The molecule has 0 bridgehead atoms. The van der Waals surface area contributed by atoms with E-state index in [4.69, 9.17) is 4.74 Å². The molecule has 6 heteroatoms. The Labute approximate surface area is 168 Å². The highest BCUT2D eigenvalue weighted by Gasteiger charge is 2.06. The Balaban J connectivity index is 0.00000312. The summed E-state index contributed by atoms with van der Waals surface area (Å²) in [5.41, 5.74) is 2.30. The number of halogens is 1. The van der Waals surface area contributed by atoms with Crippen molar-refractivity contribution in [3.05, 3.63) is 35.4 Å². The van der Waals surface area contributed by atoms with E-state index in [9.17, 15) is 5.11 Å². The van der Waals surface area contributed by atoms with Gasteiger partial charge in [0.05, 0.1) is 13.7 Å². The van der Waals surface area contributed by atoms with Crippen molar-refractivity contribution in [1.29, 1.82) is 0 Å². The van der Waals surface area contributed by atoms with Crippen LogP contribution >= 0.6 is 24.0 Å². The van der Waals surface area contributed by atoms with Crippen LogP contribution in [-0.4, -0.2) is 31.3 Å². The van der Waals surface area contributed by atoms with Gasteiger partial charge in [0.2, 0.25) is 0 Å². The van der Waals surface area contributed by atoms with Crippen LogP contribution in [0.3, 0.4) is 0 Å². The average molecular weight is 459 g/mol. The zero-order valence-electron chi connectivity index (χ0n) is 15.2. The molecule has 0 saturated heterocycles. The number of phenolic OH excluding ortho intramolecular Hbond substituents is 1. The van der Waals surface area contributed by atoms with Crippen LogP contribution in [0.4, 0.5) is 0 Å². The van der Waals surface area contributed by atoms with Crippen LogP contribution in [0.2, 0.25) is 0 Å². The van der Waals surface area contributed by atoms with Crippen LogP contribution in [0.15, 0.2) is 34.8 Å². The van der Waals surface area contributed by atoms with Crippen LogP contribution in [0.1, 0.15) is 44.6 Å². The molecule has 0 atom stereocenters. The van der Waals surface area contributed by atoms with E-state index in [0.29, 0.717) is 6.54 Å². The standard InChI is InChI=1S/C19H29N3O2.HI/c1-3-20-19(21-12-11-15-7-5-4-6-8-15)22-14-16-13-17(24-2)9-10-18(16)23;/h7,9-10,13,23H,3-6,8,11-12,14H2,1-2H3,(H2,20,21,22);1H. The van der Waals surface area contributed by atoms with Crippen molar-refractivity contribution in [3.8, 4) is 11.5 Å². The van der Waals surface area contributed by atoms with Gasteiger partial charge in [-0.3, -0.25) is 0 Å². The van der Waals surface area contributed by atoms with Crippen molar-refractivity contribution in [1.82, 2.24) is 10.6 Å². The second-order valence-electron chi connectivity index (χ2n) is 5.97. The summed E-state index contributed by atoms with van der Waals surface area (Å²) >= 11 is 0. The quantitative estimate of drug-likeness (QED) is 0.250. The first kappa shape index (κ1) is 21.6.